The largest absolute Gasteiger partial charge is 0.465 e. The van der Waals surface area contributed by atoms with Gasteiger partial charge in [0.2, 0.25) is 0 Å². The molecule has 0 radical (unpaired) electrons. The zero-order chi connectivity index (χ0) is 16.6. The Hall–Kier alpha value is -1.24. The number of likely N-dealkylation sites (tertiary alicyclic amines) is 1. The van der Waals surface area contributed by atoms with Gasteiger partial charge in [0.25, 0.3) is 0 Å². The fourth-order valence-electron chi connectivity index (χ4n) is 2.72. The molecule has 2 atom stereocenters. The maximum atomic E-state index is 12.6. The number of halogens is 3. The van der Waals surface area contributed by atoms with E-state index in [1.165, 1.54) is 4.90 Å². The lowest BCUT2D eigenvalue weighted by Crippen LogP contribution is -2.57. The number of carbonyl (C=O) groups is 1. The van der Waals surface area contributed by atoms with Gasteiger partial charge in [-0.2, -0.15) is 13.2 Å². The molecule has 0 aromatic heterocycles. The molecule has 0 spiro atoms. The first-order valence-electron chi connectivity index (χ1n) is 6.73. The van der Waals surface area contributed by atoms with Crippen molar-refractivity contribution >= 4 is 6.09 Å². The van der Waals surface area contributed by atoms with Crippen LogP contribution in [0.3, 0.4) is 0 Å². The lowest BCUT2D eigenvalue weighted by molar-refractivity contribution is -0.112. The Labute approximate surface area is 122 Å². The van der Waals surface area contributed by atoms with E-state index in [1.54, 1.807) is 20.8 Å². The van der Waals surface area contributed by atoms with Crippen molar-refractivity contribution in [1.29, 1.82) is 0 Å². The molecule has 7 heteroatoms. The predicted octanol–water partition coefficient (Wildman–Crippen LogP) is 3.41. The van der Waals surface area contributed by atoms with Gasteiger partial charge in [0.05, 0.1) is 5.60 Å². The van der Waals surface area contributed by atoms with Crippen LogP contribution in [0.2, 0.25) is 0 Å². The van der Waals surface area contributed by atoms with Crippen LogP contribution in [0.15, 0.2) is 12.2 Å². The van der Waals surface area contributed by atoms with Gasteiger partial charge < -0.3 is 15.1 Å². The van der Waals surface area contributed by atoms with Crippen LogP contribution in [0.4, 0.5) is 18.0 Å². The molecule has 2 unspecified atom stereocenters. The highest BCUT2D eigenvalue weighted by Crippen LogP contribution is 2.41. The Morgan fingerprint density at radius 2 is 1.90 bits per heavy atom. The van der Waals surface area contributed by atoms with Crippen molar-refractivity contribution in [2.24, 2.45) is 5.41 Å². The summed E-state index contributed by atoms with van der Waals surface area (Å²) in [5.41, 5.74) is -3.04. The Balaban J connectivity index is 2.94. The number of rotatable bonds is 2. The number of nitrogens with zero attached hydrogens (tertiary/aromatic N) is 1. The molecule has 0 aliphatic carbocycles. The van der Waals surface area contributed by atoms with Crippen molar-refractivity contribution < 1.29 is 28.2 Å². The van der Waals surface area contributed by atoms with Crippen molar-refractivity contribution in [2.75, 3.05) is 6.54 Å². The summed E-state index contributed by atoms with van der Waals surface area (Å²) in [6.07, 6.45) is -6.31. The first-order valence-corrected chi connectivity index (χ1v) is 6.73. The number of carboxylic acid groups (broad SMARTS) is 1. The van der Waals surface area contributed by atoms with Crippen LogP contribution in [-0.2, 0) is 0 Å². The maximum absolute atomic E-state index is 12.6. The molecule has 0 aromatic rings. The maximum Gasteiger partial charge on any atom is 0.412 e. The third kappa shape index (κ3) is 4.36. The average Bonchev–Trinajstić information content (AvgIpc) is 2.25. The summed E-state index contributed by atoms with van der Waals surface area (Å²) in [5, 5.41) is 19.7. The van der Waals surface area contributed by atoms with Gasteiger partial charge in [0.1, 0.15) is 0 Å². The van der Waals surface area contributed by atoms with Gasteiger partial charge in [0, 0.05) is 24.6 Å². The van der Waals surface area contributed by atoms with Crippen molar-refractivity contribution in [3.63, 3.8) is 0 Å². The van der Waals surface area contributed by atoms with E-state index in [9.17, 15) is 28.2 Å². The Kier molecular flexibility index (Phi) is 4.68. The highest BCUT2D eigenvalue weighted by molar-refractivity contribution is 5.65. The van der Waals surface area contributed by atoms with E-state index in [0.717, 1.165) is 0 Å². The van der Waals surface area contributed by atoms with Gasteiger partial charge in [-0.05, 0) is 18.3 Å². The summed E-state index contributed by atoms with van der Waals surface area (Å²) in [7, 11) is 0. The smallest absolute Gasteiger partial charge is 0.412 e. The molecule has 0 aromatic carbocycles. The summed E-state index contributed by atoms with van der Waals surface area (Å²) < 4.78 is 37.8. The minimum atomic E-state index is -4.54. The molecule has 1 saturated heterocycles. The molecule has 0 bridgehead atoms. The zero-order valence-electron chi connectivity index (χ0n) is 12.5. The van der Waals surface area contributed by atoms with Crippen LogP contribution < -0.4 is 0 Å². The molecular formula is C14H22F3NO3. The lowest BCUT2D eigenvalue weighted by atomic mass is 9.73. The number of alkyl halides is 3. The molecule has 1 rings (SSSR count). The summed E-state index contributed by atoms with van der Waals surface area (Å²) in [5.74, 6) is 0. The summed E-state index contributed by atoms with van der Waals surface area (Å²) in [4.78, 5) is 12.4. The van der Waals surface area contributed by atoms with E-state index in [4.69, 9.17) is 0 Å². The Morgan fingerprint density at radius 1 is 1.38 bits per heavy atom. The van der Waals surface area contributed by atoms with Gasteiger partial charge in [-0.3, -0.25) is 0 Å². The molecule has 1 fully saturated rings. The Bertz CT molecular complexity index is 428. The second-order valence-electron chi connectivity index (χ2n) is 6.81. The average molecular weight is 309 g/mol. The fraction of sp³-hybridized carbons (Fsp3) is 0.786. The minimum Gasteiger partial charge on any atom is -0.465 e. The predicted molar refractivity (Wildman–Crippen MR) is 72.0 cm³/mol. The van der Waals surface area contributed by atoms with Crippen LogP contribution in [0, 0.1) is 5.41 Å². The number of amides is 1. The SMILES string of the molecule is C=C(CC1(O)CCN(C(=O)O)C(C(C)(C)C)C1)C(F)(F)F. The molecule has 1 heterocycles. The summed E-state index contributed by atoms with van der Waals surface area (Å²) >= 11 is 0. The monoisotopic (exact) mass is 309 g/mol. The van der Waals surface area contributed by atoms with E-state index in [0.29, 0.717) is 0 Å². The van der Waals surface area contributed by atoms with Crippen molar-refractivity contribution in [3.05, 3.63) is 12.2 Å². The third-order valence-electron chi connectivity index (χ3n) is 3.96. The zero-order valence-corrected chi connectivity index (χ0v) is 12.5. The number of aliphatic hydroxyl groups is 1. The fourth-order valence-corrected chi connectivity index (χ4v) is 2.72. The van der Waals surface area contributed by atoms with E-state index >= 15 is 0 Å². The van der Waals surface area contributed by atoms with Crippen LogP contribution in [-0.4, -0.2) is 45.6 Å². The van der Waals surface area contributed by atoms with E-state index < -0.39 is 41.3 Å². The topological polar surface area (TPSA) is 60.8 Å². The second kappa shape index (κ2) is 5.51. The lowest BCUT2D eigenvalue weighted by Gasteiger charge is -2.48. The van der Waals surface area contributed by atoms with Crippen molar-refractivity contribution in [3.8, 4) is 0 Å². The van der Waals surface area contributed by atoms with Crippen molar-refractivity contribution in [2.45, 2.75) is 57.9 Å². The molecular weight excluding hydrogens is 287 g/mol. The molecule has 122 valence electrons. The van der Waals surface area contributed by atoms with E-state index in [2.05, 4.69) is 6.58 Å². The summed E-state index contributed by atoms with van der Waals surface area (Å²) in [6, 6.07) is -0.546. The standard InChI is InChI=1S/C14H22F3NO3/c1-9(14(15,16)17)7-13(21)5-6-18(11(19)20)10(8-13)12(2,3)4/h10,21H,1,5-8H2,2-4H3,(H,19,20). The first kappa shape index (κ1) is 17.8. The van der Waals surface area contributed by atoms with Crippen LogP contribution in [0.25, 0.3) is 0 Å². The third-order valence-corrected chi connectivity index (χ3v) is 3.96. The number of hydrogen-bond donors (Lipinski definition) is 2. The highest BCUT2D eigenvalue weighted by atomic mass is 19.4. The molecule has 1 aliphatic rings. The normalized spacial score (nSPS) is 27.6. The Morgan fingerprint density at radius 3 is 2.29 bits per heavy atom. The number of hydrogen-bond acceptors (Lipinski definition) is 2. The van der Waals surface area contributed by atoms with Crippen LogP contribution in [0.1, 0.15) is 40.0 Å². The first-order chi connectivity index (χ1) is 9.26. The quantitative estimate of drug-likeness (QED) is 0.768. The molecule has 21 heavy (non-hydrogen) atoms. The second-order valence-corrected chi connectivity index (χ2v) is 6.81. The van der Waals surface area contributed by atoms with Crippen LogP contribution in [0.5, 0.6) is 0 Å². The van der Waals surface area contributed by atoms with Crippen LogP contribution >= 0.6 is 0 Å². The molecule has 1 amide bonds. The van der Waals surface area contributed by atoms with Gasteiger partial charge in [-0.1, -0.05) is 27.4 Å². The van der Waals surface area contributed by atoms with Gasteiger partial charge >= 0.3 is 12.3 Å². The number of piperidine rings is 1. The van der Waals surface area contributed by atoms with Gasteiger partial charge in [-0.25, -0.2) is 4.79 Å². The van der Waals surface area contributed by atoms with Gasteiger partial charge in [-0.15, -0.1) is 0 Å². The molecule has 1 aliphatic heterocycles. The molecule has 0 saturated carbocycles. The molecule has 4 nitrogen and oxygen atoms in total. The van der Waals surface area contributed by atoms with Crippen molar-refractivity contribution in [1.82, 2.24) is 4.90 Å². The van der Waals surface area contributed by atoms with E-state index in [-0.39, 0.29) is 19.4 Å². The van der Waals surface area contributed by atoms with E-state index in [1.807, 2.05) is 0 Å². The highest BCUT2D eigenvalue weighted by Gasteiger charge is 2.47. The molecule has 2 N–H and O–H groups in total. The van der Waals surface area contributed by atoms with Gasteiger partial charge in [0.15, 0.2) is 0 Å². The minimum absolute atomic E-state index is 0.0128. The summed E-state index contributed by atoms with van der Waals surface area (Å²) in [6.45, 7) is 8.41.